The van der Waals surface area contributed by atoms with E-state index < -0.39 is 6.09 Å². The van der Waals surface area contributed by atoms with Gasteiger partial charge in [0.1, 0.15) is 0 Å². The third-order valence-corrected chi connectivity index (χ3v) is 3.45. The second kappa shape index (κ2) is 4.97. The van der Waals surface area contributed by atoms with Gasteiger partial charge in [0, 0.05) is 44.3 Å². The zero-order valence-electron chi connectivity index (χ0n) is 11.1. The molecule has 0 unspecified atom stereocenters. The number of carboxylic acid groups (broad SMARTS) is 1. The number of nitrogens with zero attached hydrogens (tertiary/aromatic N) is 3. The molecule has 1 fully saturated rings. The number of hydrogen-bond acceptors (Lipinski definition) is 3. The molecule has 2 atom stereocenters. The van der Waals surface area contributed by atoms with Crippen LogP contribution in [0.4, 0.5) is 4.79 Å². The molecule has 0 saturated carbocycles. The summed E-state index contributed by atoms with van der Waals surface area (Å²) in [5, 5.41) is 16.8. The fourth-order valence-corrected chi connectivity index (χ4v) is 2.44. The lowest BCUT2D eigenvalue weighted by Crippen LogP contribution is -2.57. The quantitative estimate of drug-likeness (QED) is 0.809. The van der Waals surface area contributed by atoms with Gasteiger partial charge < -0.3 is 15.3 Å². The highest BCUT2D eigenvalue weighted by molar-refractivity contribution is 5.65. The van der Waals surface area contributed by atoms with Crippen molar-refractivity contribution in [3.05, 3.63) is 17.5 Å². The molecular weight excluding hydrogens is 232 g/mol. The molecule has 1 aromatic rings. The van der Waals surface area contributed by atoms with Gasteiger partial charge in [0.2, 0.25) is 0 Å². The van der Waals surface area contributed by atoms with E-state index in [-0.39, 0.29) is 12.1 Å². The fraction of sp³-hybridized carbons (Fsp3) is 0.667. The normalized spacial score (nSPS) is 24.3. The molecular formula is C12H20N4O2. The standard InChI is InChI=1S/C12H20N4O2/c1-8-4-11(15(3)14-8)5-10-7-16(12(17)18)9(2)6-13-10/h4,9-10,13H,5-7H2,1-3H3,(H,17,18)/t9-,10+/m1/s1. The van der Waals surface area contributed by atoms with Crippen molar-refractivity contribution >= 4 is 6.09 Å². The van der Waals surface area contributed by atoms with Crippen LogP contribution in [-0.2, 0) is 13.5 Å². The Balaban J connectivity index is 2.02. The van der Waals surface area contributed by atoms with E-state index in [1.165, 1.54) is 4.90 Å². The molecule has 1 amide bonds. The second-order valence-corrected chi connectivity index (χ2v) is 4.99. The second-order valence-electron chi connectivity index (χ2n) is 4.99. The van der Waals surface area contributed by atoms with Gasteiger partial charge in [-0.15, -0.1) is 0 Å². The smallest absolute Gasteiger partial charge is 0.407 e. The van der Waals surface area contributed by atoms with Gasteiger partial charge in [-0.25, -0.2) is 4.79 Å². The SMILES string of the molecule is Cc1cc(C[C@H]2CN(C(=O)O)[C@H](C)CN2)n(C)n1. The number of piperazine rings is 1. The summed E-state index contributed by atoms with van der Waals surface area (Å²) in [6.45, 7) is 5.11. The topological polar surface area (TPSA) is 70.4 Å². The Morgan fingerprint density at radius 3 is 2.94 bits per heavy atom. The average molecular weight is 252 g/mol. The number of rotatable bonds is 2. The van der Waals surface area contributed by atoms with Gasteiger partial charge in [0.05, 0.1) is 5.69 Å². The molecule has 6 heteroatoms. The van der Waals surface area contributed by atoms with Gasteiger partial charge in [0.25, 0.3) is 0 Å². The van der Waals surface area contributed by atoms with E-state index in [2.05, 4.69) is 10.4 Å². The predicted octanol–water partition coefficient (Wildman–Crippen LogP) is 0.611. The van der Waals surface area contributed by atoms with Crippen molar-refractivity contribution in [3.63, 3.8) is 0 Å². The van der Waals surface area contributed by atoms with Crippen LogP contribution in [0.5, 0.6) is 0 Å². The van der Waals surface area contributed by atoms with Crippen LogP contribution in [0.1, 0.15) is 18.3 Å². The molecule has 2 heterocycles. The first-order valence-corrected chi connectivity index (χ1v) is 6.20. The Bertz CT molecular complexity index is 443. The number of carbonyl (C=O) groups is 1. The molecule has 2 rings (SSSR count). The molecule has 2 N–H and O–H groups in total. The summed E-state index contributed by atoms with van der Waals surface area (Å²) in [5.74, 6) is 0. The Kier molecular flexibility index (Phi) is 3.56. The first-order chi connectivity index (χ1) is 8.47. The van der Waals surface area contributed by atoms with Crippen LogP contribution in [-0.4, -0.2) is 51.1 Å². The number of aromatic nitrogens is 2. The Morgan fingerprint density at radius 1 is 1.67 bits per heavy atom. The van der Waals surface area contributed by atoms with Crippen molar-refractivity contribution in [3.8, 4) is 0 Å². The van der Waals surface area contributed by atoms with Crippen LogP contribution < -0.4 is 5.32 Å². The molecule has 1 saturated heterocycles. The summed E-state index contributed by atoms with van der Waals surface area (Å²) >= 11 is 0. The summed E-state index contributed by atoms with van der Waals surface area (Å²) in [7, 11) is 1.92. The van der Waals surface area contributed by atoms with Crippen molar-refractivity contribution < 1.29 is 9.90 Å². The molecule has 0 bridgehead atoms. The van der Waals surface area contributed by atoms with E-state index in [1.54, 1.807) is 0 Å². The van der Waals surface area contributed by atoms with Crippen molar-refractivity contribution in [2.75, 3.05) is 13.1 Å². The van der Waals surface area contributed by atoms with E-state index in [9.17, 15) is 4.79 Å². The molecule has 18 heavy (non-hydrogen) atoms. The maximum absolute atomic E-state index is 11.1. The zero-order chi connectivity index (χ0) is 13.3. The van der Waals surface area contributed by atoms with Crippen LogP contribution >= 0.6 is 0 Å². The summed E-state index contributed by atoms with van der Waals surface area (Å²) in [6.07, 6.45) is -0.0383. The first-order valence-electron chi connectivity index (χ1n) is 6.20. The molecule has 0 aromatic carbocycles. The summed E-state index contributed by atoms with van der Waals surface area (Å²) < 4.78 is 1.86. The minimum Gasteiger partial charge on any atom is -0.465 e. The monoisotopic (exact) mass is 252 g/mol. The lowest BCUT2D eigenvalue weighted by Gasteiger charge is -2.37. The largest absolute Gasteiger partial charge is 0.465 e. The highest BCUT2D eigenvalue weighted by Crippen LogP contribution is 2.12. The van der Waals surface area contributed by atoms with Crippen molar-refractivity contribution in [1.29, 1.82) is 0 Å². The predicted molar refractivity (Wildman–Crippen MR) is 67.6 cm³/mol. The summed E-state index contributed by atoms with van der Waals surface area (Å²) in [6, 6.07) is 2.24. The Morgan fingerprint density at radius 2 is 2.39 bits per heavy atom. The number of aryl methyl sites for hydroxylation is 2. The van der Waals surface area contributed by atoms with E-state index in [0.717, 1.165) is 17.8 Å². The van der Waals surface area contributed by atoms with Gasteiger partial charge >= 0.3 is 6.09 Å². The van der Waals surface area contributed by atoms with E-state index in [0.29, 0.717) is 13.1 Å². The molecule has 1 aromatic heterocycles. The highest BCUT2D eigenvalue weighted by Gasteiger charge is 2.28. The van der Waals surface area contributed by atoms with Crippen molar-refractivity contribution in [2.45, 2.75) is 32.4 Å². The minimum atomic E-state index is -0.838. The van der Waals surface area contributed by atoms with Crippen LogP contribution in [0.15, 0.2) is 6.07 Å². The molecule has 1 aliphatic heterocycles. The molecule has 100 valence electrons. The van der Waals surface area contributed by atoms with Gasteiger partial charge in [0.15, 0.2) is 0 Å². The first kappa shape index (κ1) is 12.9. The zero-order valence-corrected chi connectivity index (χ0v) is 11.1. The van der Waals surface area contributed by atoms with Crippen LogP contribution in [0, 0.1) is 6.92 Å². The summed E-state index contributed by atoms with van der Waals surface area (Å²) in [4.78, 5) is 12.6. The van der Waals surface area contributed by atoms with Gasteiger partial charge in [-0.1, -0.05) is 0 Å². The number of amides is 1. The van der Waals surface area contributed by atoms with E-state index >= 15 is 0 Å². The van der Waals surface area contributed by atoms with Crippen LogP contribution in [0.25, 0.3) is 0 Å². The highest BCUT2D eigenvalue weighted by atomic mass is 16.4. The number of nitrogens with one attached hydrogen (secondary N) is 1. The van der Waals surface area contributed by atoms with Gasteiger partial charge in [-0.2, -0.15) is 5.10 Å². The Labute approximate surface area is 107 Å². The van der Waals surface area contributed by atoms with E-state index in [1.807, 2.05) is 31.6 Å². The maximum atomic E-state index is 11.1. The number of hydrogen-bond donors (Lipinski definition) is 2. The van der Waals surface area contributed by atoms with Gasteiger partial charge in [-0.3, -0.25) is 4.68 Å². The maximum Gasteiger partial charge on any atom is 0.407 e. The lowest BCUT2D eigenvalue weighted by atomic mass is 10.1. The third-order valence-electron chi connectivity index (χ3n) is 3.45. The average Bonchev–Trinajstić information content (AvgIpc) is 2.60. The third kappa shape index (κ3) is 2.64. The fourth-order valence-electron chi connectivity index (χ4n) is 2.44. The molecule has 0 spiro atoms. The van der Waals surface area contributed by atoms with Crippen LogP contribution in [0.3, 0.4) is 0 Å². The summed E-state index contributed by atoms with van der Waals surface area (Å²) in [5.41, 5.74) is 2.12. The Hall–Kier alpha value is -1.56. The molecule has 0 aliphatic carbocycles. The molecule has 6 nitrogen and oxygen atoms in total. The molecule has 0 radical (unpaired) electrons. The lowest BCUT2D eigenvalue weighted by molar-refractivity contribution is 0.104. The van der Waals surface area contributed by atoms with E-state index in [4.69, 9.17) is 5.11 Å². The van der Waals surface area contributed by atoms with Crippen molar-refractivity contribution in [2.24, 2.45) is 7.05 Å². The van der Waals surface area contributed by atoms with Gasteiger partial charge in [-0.05, 0) is 19.9 Å². The molecule has 1 aliphatic rings. The minimum absolute atomic E-state index is 0.0343. The van der Waals surface area contributed by atoms with Crippen LogP contribution in [0.2, 0.25) is 0 Å². The van der Waals surface area contributed by atoms with Crippen molar-refractivity contribution in [1.82, 2.24) is 20.0 Å².